The SMILES string of the molecule is CC(C)(C)c1nccc(NCc2ccncc2)n1. The Bertz CT molecular complexity index is 503. The minimum atomic E-state index is -0.0334. The maximum absolute atomic E-state index is 4.52. The summed E-state index contributed by atoms with van der Waals surface area (Å²) in [5, 5.41) is 3.29. The lowest BCUT2D eigenvalue weighted by atomic mass is 9.96. The lowest BCUT2D eigenvalue weighted by Gasteiger charge is -2.17. The van der Waals surface area contributed by atoms with Gasteiger partial charge in [0.05, 0.1) is 0 Å². The summed E-state index contributed by atoms with van der Waals surface area (Å²) in [5.41, 5.74) is 1.15. The zero-order chi connectivity index (χ0) is 13.0. The Morgan fingerprint density at radius 3 is 2.44 bits per heavy atom. The lowest BCUT2D eigenvalue weighted by molar-refractivity contribution is 0.546. The molecule has 2 aromatic heterocycles. The van der Waals surface area contributed by atoms with Crippen LogP contribution in [0.2, 0.25) is 0 Å². The number of aromatic nitrogens is 3. The summed E-state index contributed by atoms with van der Waals surface area (Å²) >= 11 is 0. The molecule has 2 aromatic rings. The van der Waals surface area contributed by atoms with Gasteiger partial charge in [0.2, 0.25) is 0 Å². The molecule has 4 heteroatoms. The van der Waals surface area contributed by atoms with Crippen molar-refractivity contribution in [3.05, 3.63) is 48.2 Å². The molecule has 0 bridgehead atoms. The van der Waals surface area contributed by atoms with Gasteiger partial charge in [0, 0.05) is 30.6 Å². The molecule has 0 spiro atoms. The summed E-state index contributed by atoms with van der Waals surface area (Å²) in [6.07, 6.45) is 5.37. The number of nitrogens with zero attached hydrogens (tertiary/aromatic N) is 3. The smallest absolute Gasteiger partial charge is 0.135 e. The van der Waals surface area contributed by atoms with Crippen LogP contribution >= 0.6 is 0 Å². The van der Waals surface area contributed by atoms with Gasteiger partial charge in [-0.25, -0.2) is 9.97 Å². The van der Waals surface area contributed by atoms with E-state index in [-0.39, 0.29) is 5.41 Å². The van der Waals surface area contributed by atoms with Crippen molar-refractivity contribution in [1.82, 2.24) is 15.0 Å². The van der Waals surface area contributed by atoms with Crippen LogP contribution in [0.15, 0.2) is 36.8 Å². The molecule has 0 amide bonds. The van der Waals surface area contributed by atoms with E-state index in [2.05, 4.69) is 41.0 Å². The Morgan fingerprint density at radius 2 is 1.78 bits per heavy atom. The van der Waals surface area contributed by atoms with Crippen molar-refractivity contribution >= 4 is 5.82 Å². The highest BCUT2D eigenvalue weighted by Gasteiger charge is 2.17. The van der Waals surface area contributed by atoms with E-state index in [1.807, 2.05) is 18.2 Å². The standard InChI is InChI=1S/C14H18N4/c1-14(2,3)13-16-9-6-12(18-13)17-10-11-4-7-15-8-5-11/h4-9H,10H2,1-3H3,(H,16,17,18). The largest absolute Gasteiger partial charge is 0.366 e. The van der Waals surface area contributed by atoms with Crippen LogP contribution in [0.1, 0.15) is 32.2 Å². The second-order valence-electron chi connectivity index (χ2n) is 5.22. The van der Waals surface area contributed by atoms with Gasteiger partial charge in [0.15, 0.2) is 0 Å². The van der Waals surface area contributed by atoms with Crippen LogP contribution in [-0.2, 0) is 12.0 Å². The molecule has 2 heterocycles. The highest BCUT2D eigenvalue weighted by molar-refractivity contribution is 5.35. The van der Waals surface area contributed by atoms with Crippen LogP contribution in [0.25, 0.3) is 0 Å². The molecule has 0 saturated carbocycles. The highest BCUT2D eigenvalue weighted by atomic mass is 15.0. The summed E-state index contributed by atoms with van der Waals surface area (Å²) in [6.45, 7) is 7.06. The van der Waals surface area contributed by atoms with E-state index in [1.54, 1.807) is 18.6 Å². The number of pyridine rings is 1. The summed E-state index contributed by atoms with van der Waals surface area (Å²) in [5.74, 6) is 1.70. The average Bonchev–Trinajstić information content (AvgIpc) is 2.37. The molecule has 0 aromatic carbocycles. The molecule has 0 radical (unpaired) electrons. The number of hydrogen-bond donors (Lipinski definition) is 1. The van der Waals surface area contributed by atoms with Gasteiger partial charge in [-0.2, -0.15) is 0 Å². The van der Waals surface area contributed by atoms with E-state index in [1.165, 1.54) is 5.56 Å². The van der Waals surface area contributed by atoms with E-state index in [0.29, 0.717) is 0 Å². The third kappa shape index (κ3) is 3.26. The van der Waals surface area contributed by atoms with E-state index in [0.717, 1.165) is 18.2 Å². The normalized spacial score (nSPS) is 11.3. The minimum absolute atomic E-state index is 0.0334. The molecule has 0 fully saturated rings. The lowest BCUT2D eigenvalue weighted by Crippen LogP contribution is -2.16. The molecule has 18 heavy (non-hydrogen) atoms. The number of hydrogen-bond acceptors (Lipinski definition) is 4. The maximum atomic E-state index is 4.52. The van der Waals surface area contributed by atoms with Crippen LogP contribution in [0.4, 0.5) is 5.82 Å². The Morgan fingerprint density at radius 1 is 1.06 bits per heavy atom. The molecule has 1 N–H and O–H groups in total. The fraction of sp³-hybridized carbons (Fsp3) is 0.357. The average molecular weight is 242 g/mol. The van der Waals surface area contributed by atoms with Crippen molar-refractivity contribution < 1.29 is 0 Å². The number of anilines is 1. The number of rotatable bonds is 3. The first-order valence-corrected chi connectivity index (χ1v) is 6.02. The van der Waals surface area contributed by atoms with Crippen molar-refractivity contribution in [2.75, 3.05) is 5.32 Å². The maximum Gasteiger partial charge on any atom is 0.135 e. The molecule has 0 unspecified atom stereocenters. The summed E-state index contributed by atoms with van der Waals surface area (Å²) in [7, 11) is 0. The predicted molar refractivity (Wildman–Crippen MR) is 72.3 cm³/mol. The van der Waals surface area contributed by atoms with Gasteiger partial charge in [0.1, 0.15) is 11.6 Å². The third-order valence-electron chi connectivity index (χ3n) is 2.55. The van der Waals surface area contributed by atoms with Crippen LogP contribution in [0.3, 0.4) is 0 Å². The molecule has 0 aliphatic heterocycles. The van der Waals surface area contributed by atoms with Gasteiger partial charge in [-0.1, -0.05) is 20.8 Å². The van der Waals surface area contributed by atoms with Crippen LogP contribution in [-0.4, -0.2) is 15.0 Å². The fourth-order valence-electron chi connectivity index (χ4n) is 1.51. The Labute approximate surface area is 108 Å². The van der Waals surface area contributed by atoms with Crippen molar-refractivity contribution in [1.29, 1.82) is 0 Å². The second kappa shape index (κ2) is 5.12. The molecular formula is C14H18N4. The highest BCUT2D eigenvalue weighted by Crippen LogP contribution is 2.18. The Kier molecular flexibility index (Phi) is 3.55. The van der Waals surface area contributed by atoms with Gasteiger partial charge >= 0.3 is 0 Å². The topological polar surface area (TPSA) is 50.7 Å². The summed E-state index contributed by atoms with van der Waals surface area (Å²) in [4.78, 5) is 12.8. The number of nitrogens with one attached hydrogen (secondary N) is 1. The van der Waals surface area contributed by atoms with Gasteiger partial charge in [0.25, 0.3) is 0 Å². The Balaban J connectivity index is 2.06. The van der Waals surface area contributed by atoms with E-state index >= 15 is 0 Å². The zero-order valence-corrected chi connectivity index (χ0v) is 11.0. The Hall–Kier alpha value is -1.97. The van der Waals surface area contributed by atoms with Gasteiger partial charge < -0.3 is 5.32 Å². The van der Waals surface area contributed by atoms with Crippen molar-refractivity contribution in [3.63, 3.8) is 0 Å². The van der Waals surface area contributed by atoms with Crippen molar-refractivity contribution in [2.24, 2.45) is 0 Å². The van der Waals surface area contributed by atoms with E-state index in [4.69, 9.17) is 0 Å². The molecule has 0 aliphatic rings. The minimum Gasteiger partial charge on any atom is -0.366 e. The summed E-state index contributed by atoms with van der Waals surface area (Å²) < 4.78 is 0. The molecule has 2 rings (SSSR count). The van der Waals surface area contributed by atoms with Crippen LogP contribution in [0, 0.1) is 0 Å². The molecule has 0 atom stereocenters. The zero-order valence-electron chi connectivity index (χ0n) is 11.0. The quantitative estimate of drug-likeness (QED) is 0.899. The fourth-order valence-corrected chi connectivity index (χ4v) is 1.51. The van der Waals surface area contributed by atoms with Crippen molar-refractivity contribution in [3.8, 4) is 0 Å². The van der Waals surface area contributed by atoms with Crippen LogP contribution in [0.5, 0.6) is 0 Å². The first-order chi connectivity index (χ1) is 8.55. The molecule has 4 nitrogen and oxygen atoms in total. The molecule has 94 valence electrons. The first kappa shape index (κ1) is 12.5. The second-order valence-corrected chi connectivity index (χ2v) is 5.22. The first-order valence-electron chi connectivity index (χ1n) is 6.02. The predicted octanol–water partition coefficient (Wildman–Crippen LogP) is 2.78. The van der Waals surface area contributed by atoms with E-state index < -0.39 is 0 Å². The molecular weight excluding hydrogens is 224 g/mol. The third-order valence-corrected chi connectivity index (χ3v) is 2.55. The summed E-state index contributed by atoms with van der Waals surface area (Å²) in [6, 6.07) is 5.86. The molecule has 0 saturated heterocycles. The molecule has 0 aliphatic carbocycles. The van der Waals surface area contributed by atoms with Crippen LogP contribution < -0.4 is 5.32 Å². The van der Waals surface area contributed by atoms with E-state index in [9.17, 15) is 0 Å². The van der Waals surface area contributed by atoms with Crippen molar-refractivity contribution in [2.45, 2.75) is 32.7 Å². The monoisotopic (exact) mass is 242 g/mol. The van der Waals surface area contributed by atoms with Gasteiger partial charge in [-0.3, -0.25) is 4.98 Å². The van der Waals surface area contributed by atoms with Gasteiger partial charge in [-0.05, 0) is 23.8 Å². The van der Waals surface area contributed by atoms with Gasteiger partial charge in [-0.15, -0.1) is 0 Å².